The molecule has 0 radical (unpaired) electrons. The monoisotopic (exact) mass is 1200 g/mol. The number of nitrogens with two attached hydrogens (primary N) is 3. The number of hydrogen-bond acceptors (Lipinski definition) is 12. The summed E-state index contributed by atoms with van der Waals surface area (Å²) in [6.07, 6.45) is -1.41. The van der Waals surface area contributed by atoms with Crippen molar-refractivity contribution in [2.45, 2.75) is 87.8 Å². The Morgan fingerprint density at radius 2 is 1.11 bits per heavy atom. The van der Waals surface area contributed by atoms with Gasteiger partial charge in [-0.2, -0.15) is 36.5 Å². The molecular weight excluding hydrogens is 1140 g/mol. The maximum Gasteiger partial charge on any atom is 0.435 e. The van der Waals surface area contributed by atoms with Crippen LogP contribution in [0.2, 0.25) is 0 Å². The van der Waals surface area contributed by atoms with E-state index in [9.17, 15) is 40.7 Å². The number of carbonyl (C=O) groups is 3. The summed E-state index contributed by atoms with van der Waals surface area (Å²) in [4.78, 5) is 49.9. The number of alkyl halides is 6. The zero-order valence-electron chi connectivity index (χ0n) is 46.2. The van der Waals surface area contributed by atoms with Crippen molar-refractivity contribution in [1.82, 2.24) is 34.8 Å². The summed E-state index contributed by atoms with van der Waals surface area (Å²) in [5.74, 6) is -4.27. The van der Waals surface area contributed by atoms with Crippen LogP contribution >= 0.6 is 0 Å². The van der Waals surface area contributed by atoms with E-state index in [2.05, 4.69) is 36.1 Å². The van der Waals surface area contributed by atoms with E-state index in [1.54, 1.807) is 30.6 Å². The summed E-state index contributed by atoms with van der Waals surface area (Å²) < 4.78 is 123. The topological polar surface area (TPSA) is 284 Å². The number of benzene rings is 4. The molecule has 0 bridgehead atoms. The zero-order valence-corrected chi connectivity index (χ0v) is 46.2. The smallest absolute Gasteiger partial charge is 0.435 e. The van der Waals surface area contributed by atoms with Crippen LogP contribution in [0.5, 0.6) is 0 Å². The zero-order chi connectivity index (χ0) is 62.2. The van der Waals surface area contributed by atoms with Gasteiger partial charge in [-0.25, -0.2) is 22.9 Å². The number of amides is 3. The predicted octanol–water partition coefficient (Wildman–Crippen LogP) is 11.6. The first-order valence-corrected chi connectivity index (χ1v) is 27.4. The molecule has 3 amide bonds. The highest BCUT2D eigenvalue weighted by atomic mass is 19.4. The number of nitrogens with one attached hydrogen (secondary N) is 5. The van der Waals surface area contributed by atoms with Gasteiger partial charge in [0.2, 0.25) is 0 Å². The number of aromatic nitrogens is 6. The van der Waals surface area contributed by atoms with Crippen LogP contribution in [0.25, 0.3) is 11.4 Å². The number of ether oxygens (including phenoxy) is 1. The van der Waals surface area contributed by atoms with Gasteiger partial charge < -0.3 is 32.6 Å². The summed E-state index contributed by atoms with van der Waals surface area (Å²) in [6, 6.07) is 26.0. The normalized spacial score (nSPS) is 15.2. The van der Waals surface area contributed by atoms with Crippen LogP contribution in [0.3, 0.4) is 0 Å². The van der Waals surface area contributed by atoms with Gasteiger partial charge in [0.1, 0.15) is 40.8 Å². The fourth-order valence-corrected chi connectivity index (χ4v) is 10.1. The highest BCUT2D eigenvalue weighted by Crippen LogP contribution is 2.43. The average Bonchev–Trinajstić information content (AvgIpc) is 1.93. The third-order valence-electron chi connectivity index (χ3n) is 15.4. The maximum absolute atomic E-state index is 15.7. The molecule has 4 heterocycles. The fourth-order valence-electron chi connectivity index (χ4n) is 10.1. The Kier molecular flexibility index (Phi) is 16.7. The Morgan fingerprint density at radius 3 is 1.56 bits per heavy atom. The molecule has 26 heteroatoms. The van der Waals surface area contributed by atoms with Crippen molar-refractivity contribution in [3.8, 4) is 11.4 Å². The van der Waals surface area contributed by atoms with E-state index in [0.29, 0.717) is 74.8 Å². The molecule has 2 saturated carbocycles. The number of alkyl carbamates (subject to hydrolysis) is 1. The molecule has 0 saturated heterocycles. The van der Waals surface area contributed by atoms with E-state index in [1.807, 2.05) is 0 Å². The number of hydrogen-bond donors (Lipinski definition) is 8. The minimum Gasteiger partial charge on any atom is -0.440 e. The van der Waals surface area contributed by atoms with E-state index in [0.717, 1.165) is 44.2 Å². The number of carbonyl (C=O) groups excluding carboxylic acids is 3. The van der Waals surface area contributed by atoms with Crippen LogP contribution < -0.4 is 33.2 Å². The number of nitrogen functional groups attached to an aromatic ring is 1. The lowest BCUT2D eigenvalue weighted by molar-refractivity contribution is -0.142. The Balaban J connectivity index is 0.833. The number of amidine groups is 2. The molecule has 18 nitrogen and oxygen atoms in total. The molecule has 4 aromatic heterocycles. The number of rotatable bonds is 20. The molecule has 10 rings (SSSR count). The third-order valence-corrected chi connectivity index (χ3v) is 15.4. The second-order valence-corrected chi connectivity index (χ2v) is 21.6. The first-order chi connectivity index (χ1) is 41.3. The molecule has 2 fully saturated rings. The highest BCUT2D eigenvalue weighted by molar-refractivity contribution is 6.06. The van der Waals surface area contributed by atoms with Gasteiger partial charge in [0.25, 0.3) is 11.8 Å². The quantitative estimate of drug-likeness (QED) is 0.0202. The van der Waals surface area contributed by atoms with Crippen molar-refractivity contribution < 1.29 is 54.2 Å². The van der Waals surface area contributed by atoms with Gasteiger partial charge in [-0.1, -0.05) is 74.2 Å². The van der Waals surface area contributed by atoms with Crippen LogP contribution in [-0.4, -0.2) is 59.1 Å². The van der Waals surface area contributed by atoms with Crippen molar-refractivity contribution in [1.29, 1.82) is 10.8 Å². The second kappa shape index (κ2) is 24.0. The fraction of sp³-hybridized carbons (Fsp3) is 0.262. The molecule has 3 unspecified atom stereocenters. The summed E-state index contributed by atoms with van der Waals surface area (Å²) in [5, 5.41) is 30.8. The van der Waals surface area contributed by atoms with Gasteiger partial charge in [-0.15, -0.1) is 0 Å². The minimum atomic E-state index is -5.03. The SMILES string of the molecule is CC(OC(=O)NC(=N)c1cccc(-n2nc(C(F)(F)F)cc2C(=O)Nc2cc(C(N)(CCC3CC3)c3cccnc3)ccc2F)c1)c1ccc(C(N)(CCC2CC2)c2ccc(F)c(NC(=O)c3cc(C(F)(F)F)nn3-c3cccc(C(=N)N)c3)c2)cn1. The highest BCUT2D eigenvalue weighted by Gasteiger charge is 2.40. The molecule has 3 atom stereocenters. The molecule has 2 aliphatic rings. The van der Waals surface area contributed by atoms with Gasteiger partial charge in [0, 0.05) is 41.9 Å². The van der Waals surface area contributed by atoms with Gasteiger partial charge in [-0.3, -0.25) is 35.7 Å². The minimum absolute atomic E-state index is 0.0335. The molecule has 11 N–H and O–H groups in total. The van der Waals surface area contributed by atoms with Crippen molar-refractivity contribution in [3.05, 3.63) is 213 Å². The van der Waals surface area contributed by atoms with E-state index >= 15 is 8.78 Å². The van der Waals surface area contributed by atoms with Crippen LogP contribution in [-0.2, 0) is 28.2 Å². The third kappa shape index (κ3) is 13.6. The molecular formula is C61H56F8N14O4. The van der Waals surface area contributed by atoms with E-state index in [4.69, 9.17) is 32.8 Å². The number of pyridine rings is 2. The van der Waals surface area contributed by atoms with Crippen molar-refractivity contribution >= 4 is 41.0 Å². The Hall–Kier alpha value is -9.69. The Labute approximate surface area is 491 Å². The van der Waals surface area contributed by atoms with Gasteiger partial charge >= 0.3 is 18.4 Å². The van der Waals surface area contributed by atoms with E-state index in [1.165, 1.54) is 92.0 Å². The van der Waals surface area contributed by atoms with Crippen LogP contribution in [0.15, 0.2) is 140 Å². The molecule has 0 spiro atoms. The molecule has 4 aromatic carbocycles. The first kappa shape index (κ1) is 60.4. The standard InChI is InChI=1S/C61H56F8N14O4/c1-33(46-19-16-41(32-76-46)59(74,23-21-35-12-13-35)39-15-18-45(63)48(28-39)78-55(84)49-29-51(60(64,65)66)80-82(49)42-8-2-5-36(25-42)53(70)71)87-57(86)79-54(72)37-6-3-9-43(26-37)83-50(30-52(81-83)61(67,68)69)56(85)77-47-27-38(14-17-44(47)62)58(73,22-20-34-10-11-34)40-7-4-24-75-31-40/h2-9,14-19,24-35H,10-13,20-23,73-74H2,1H3,(H3,70,71)(H,77,85)(H,78,84)(H2,72,79,86). The number of anilines is 2. The molecule has 450 valence electrons. The molecule has 87 heavy (non-hydrogen) atoms. The van der Waals surface area contributed by atoms with Gasteiger partial charge in [-0.05, 0) is 127 Å². The van der Waals surface area contributed by atoms with E-state index < -0.39 is 99.2 Å². The van der Waals surface area contributed by atoms with Gasteiger partial charge in [0.15, 0.2) is 11.4 Å². The Bertz CT molecular complexity index is 3940. The summed E-state index contributed by atoms with van der Waals surface area (Å²) >= 11 is 0. The lowest BCUT2D eigenvalue weighted by Crippen LogP contribution is -2.38. The van der Waals surface area contributed by atoms with Crippen molar-refractivity contribution in [2.75, 3.05) is 10.6 Å². The summed E-state index contributed by atoms with van der Waals surface area (Å²) in [6.45, 7) is 1.49. The largest absolute Gasteiger partial charge is 0.440 e. The number of halogens is 8. The molecule has 0 aliphatic heterocycles. The summed E-state index contributed by atoms with van der Waals surface area (Å²) in [5.41, 5.74) is 14.3. The first-order valence-electron chi connectivity index (χ1n) is 27.4. The average molecular weight is 1200 g/mol. The number of nitrogens with zero attached hydrogens (tertiary/aromatic N) is 6. The maximum atomic E-state index is 15.7. The van der Waals surface area contributed by atoms with Crippen LogP contribution in [0.4, 0.5) is 51.3 Å². The molecule has 8 aromatic rings. The molecule has 2 aliphatic carbocycles. The predicted molar refractivity (Wildman–Crippen MR) is 304 cm³/mol. The second-order valence-electron chi connectivity index (χ2n) is 21.6. The van der Waals surface area contributed by atoms with Crippen LogP contribution in [0, 0.1) is 34.3 Å². The van der Waals surface area contributed by atoms with E-state index in [-0.39, 0.29) is 33.9 Å². The lowest BCUT2D eigenvalue weighted by atomic mass is 9.80. The lowest BCUT2D eigenvalue weighted by Gasteiger charge is -2.31. The van der Waals surface area contributed by atoms with Crippen molar-refractivity contribution in [3.63, 3.8) is 0 Å². The van der Waals surface area contributed by atoms with Crippen LogP contribution in [0.1, 0.15) is 136 Å². The Morgan fingerprint density at radius 1 is 0.632 bits per heavy atom. The van der Waals surface area contributed by atoms with Gasteiger partial charge in [0.05, 0.1) is 39.5 Å². The summed E-state index contributed by atoms with van der Waals surface area (Å²) in [7, 11) is 0. The van der Waals surface area contributed by atoms with Crippen molar-refractivity contribution in [2.24, 2.45) is 29.0 Å².